The topological polar surface area (TPSA) is 115 Å². The Balaban J connectivity index is 1.65. The number of benzene rings is 1. The van der Waals surface area contributed by atoms with Crippen molar-refractivity contribution in [2.24, 2.45) is 0 Å². The van der Waals surface area contributed by atoms with Crippen LogP contribution >= 0.6 is 11.9 Å². The average Bonchev–Trinajstić information content (AvgIpc) is 3.34. The quantitative estimate of drug-likeness (QED) is 0.349. The molecule has 1 saturated heterocycles. The van der Waals surface area contributed by atoms with E-state index in [1.165, 1.54) is 0 Å². The van der Waals surface area contributed by atoms with E-state index in [1.807, 2.05) is 30.7 Å². The highest BCUT2D eigenvalue weighted by Gasteiger charge is 2.40. The largest absolute Gasteiger partial charge is 0.308 e. The third-order valence-corrected chi connectivity index (χ3v) is 8.20. The highest BCUT2D eigenvalue weighted by Crippen LogP contribution is 2.46. The Labute approximate surface area is 199 Å². The van der Waals surface area contributed by atoms with Crippen LogP contribution in [0.4, 0.5) is 5.69 Å². The molecule has 0 bridgehead atoms. The first-order chi connectivity index (χ1) is 15.6. The summed E-state index contributed by atoms with van der Waals surface area (Å²) in [6, 6.07) is 8.76. The molecule has 0 saturated carbocycles. The minimum Gasteiger partial charge on any atom is -0.308 e. The Morgan fingerprint density at radius 2 is 2.00 bits per heavy atom. The molecular weight excluding hydrogens is 458 g/mol. The van der Waals surface area contributed by atoms with E-state index in [1.54, 1.807) is 42.7 Å². The van der Waals surface area contributed by atoms with Gasteiger partial charge in [0.25, 0.3) is 10.0 Å². The molecule has 3 aromatic rings. The molecule has 176 valence electrons. The minimum atomic E-state index is -3.82. The minimum absolute atomic E-state index is 0.0790. The number of aromatic nitrogens is 4. The van der Waals surface area contributed by atoms with Crippen molar-refractivity contribution in [1.82, 2.24) is 29.4 Å². The lowest BCUT2D eigenvalue weighted by molar-refractivity contribution is 0.299. The SMILES string of the molecule is CCN(C)CC(C)n1cnnc1-c1ncc(C)cc1NS(=O)(=O)c1ccc(C2(C)NS2)cc1. The summed E-state index contributed by atoms with van der Waals surface area (Å²) in [7, 11) is -1.77. The number of nitrogens with zero attached hydrogens (tertiary/aromatic N) is 5. The van der Waals surface area contributed by atoms with E-state index in [0.29, 0.717) is 17.2 Å². The predicted octanol–water partition coefficient (Wildman–Crippen LogP) is 3.39. The maximum atomic E-state index is 13.2. The molecule has 2 aromatic heterocycles. The van der Waals surface area contributed by atoms with E-state index in [2.05, 4.69) is 50.3 Å². The van der Waals surface area contributed by atoms with Crippen LogP contribution < -0.4 is 9.44 Å². The number of aryl methyl sites for hydroxylation is 1. The van der Waals surface area contributed by atoms with Crippen molar-refractivity contribution in [1.29, 1.82) is 0 Å². The molecule has 4 rings (SSSR count). The lowest BCUT2D eigenvalue weighted by Crippen LogP contribution is -2.26. The van der Waals surface area contributed by atoms with Crippen LogP contribution in [0.25, 0.3) is 11.5 Å². The second-order valence-electron chi connectivity index (χ2n) is 8.54. The monoisotopic (exact) mass is 487 g/mol. The van der Waals surface area contributed by atoms with Crippen LogP contribution in [-0.2, 0) is 14.9 Å². The molecule has 1 aliphatic heterocycles. The summed E-state index contributed by atoms with van der Waals surface area (Å²) >= 11 is 1.61. The van der Waals surface area contributed by atoms with Gasteiger partial charge >= 0.3 is 0 Å². The third kappa shape index (κ3) is 5.06. The van der Waals surface area contributed by atoms with E-state index >= 15 is 0 Å². The van der Waals surface area contributed by atoms with Crippen molar-refractivity contribution in [3.63, 3.8) is 0 Å². The van der Waals surface area contributed by atoms with E-state index < -0.39 is 10.0 Å². The summed E-state index contributed by atoms with van der Waals surface area (Å²) in [6.07, 6.45) is 3.36. The van der Waals surface area contributed by atoms with Crippen LogP contribution in [-0.4, -0.2) is 53.2 Å². The molecular formula is C22H29N7O2S2. The first kappa shape index (κ1) is 23.7. The van der Waals surface area contributed by atoms with Crippen LogP contribution in [0.15, 0.2) is 47.8 Å². The lowest BCUT2D eigenvalue weighted by atomic mass is 10.1. The normalized spacial score (nSPS) is 19.0. The number of likely N-dealkylation sites (N-methyl/N-ethyl adjacent to an activating group) is 1. The molecule has 2 unspecified atom stereocenters. The zero-order valence-corrected chi connectivity index (χ0v) is 21.0. The molecule has 2 N–H and O–H groups in total. The number of hydrogen-bond donors (Lipinski definition) is 2. The third-order valence-electron chi connectivity index (χ3n) is 5.77. The van der Waals surface area contributed by atoms with Gasteiger partial charge in [-0.25, -0.2) is 13.1 Å². The maximum absolute atomic E-state index is 13.2. The van der Waals surface area contributed by atoms with Crippen LogP contribution in [0.3, 0.4) is 0 Å². The van der Waals surface area contributed by atoms with Gasteiger partial charge in [-0.3, -0.25) is 9.71 Å². The molecule has 0 spiro atoms. The summed E-state index contributed by atoms with van der Waals surface area (Å²) in [6.45, 7) is 9.82. The molecule has 9 nitrogen and oxygen atoms in total. The number of hydrogen-bond acceptors (Lipinski definition) is 8. The Kier molecular flexibility index (Phi) is 6.50. The van der Waals surface area contributed by atoms with Crippen molar-refractivity contribution in [3.05, 3.63) is 54.0 Å². The van der Waals surface area contributed by atoms with Crippen molar-refractivity contribution >= 4 is 27.7 Å². The number of anilines is 1. The van der Waals surface area contributed by atoms with E-state index in [-0.39, 0.29) is 15.8 Å². The Morgan fingerprint density at radius 3 is 2.64 bits per heavy atom. The molecule has 0 amide bonds. The second kappa shape index (κ2) is 9.05. The number of pyridine rings is 1. The van der Waals surface area contributed by atoms with Crippen molar-refractivity contribution in [2.45, 2.75) is 43.5 Å². The molecule has 0 aliphatic carbocycles. The summed E-state index contributed by atoms with van der Waals surface area (Å²) < 4.78 is 34.3. The summed E-state index contributed by atoms with van der Waals surface area (Å²) in [5.41, 5.74) is 2.68. The molecule has 11 heteroatoms. The fourth-order valence-electron chi connectivity index (χ4n) is 3.58. The smallest absolute Gasteiger partial charge is 0.261 e. The zero-order valence-electron chi connectivity index (χ0n) is 19.4. The zero-order chi connectivity index (χ0) is 23.8. The van der Waals surface area contributed by atoms with Gasteiger partial charge in [-0.05, 0) is 63.7 Å². The lowest BCUT2D eigenvalue weighted by Gasteiger charge is -2.22. The van der Waals surface area contributed by atoms with E-state index in [0.717, 1.165) is 24.2 Å². The van der Waals surface area contributed by atoms with Crippen LogP contribution in [0.1, 0.15) is 37.9 Å². The van der Waals surface area contributed by atoms with Crippen LogP contribution in [0.5, 0.6) is 0 Å². The van der Waals surface area contributed by atoms with Gasteiger partial charge in [0.1, 0.15) is 16.9 Å². The summed E-state index contributed by atoms with van der Waals surface area (Å²) in [5.74, 6) is 0.518. The van der Waals surface area contributed by atoms with Gasteiger partial charge in [0.05, 0.1) is 10.6 Å². The fraction of sp³-hybridized carbons (Fsp3) is 0.409. The molecule has 3 heterocycles. The van der Waals surface area contributed by atoms with Gasteiger partial charge < -0.3 is 9.47 Å². The van der Waals surface area contributed by atoms with Gasteiger partial charge in [0, 0.05) is 18.8 Å². The number of nitrogens with one attached hydrogen (secondary N) is 2. The van der Waals surface area contributed by atoms with Gasteiger partial charge in [0.2, 0.25) is 0 Å². The van der Waals surface area contributed by atoms with Gasteiger partial charge in [-0.1, -0.05) is 31.0 Å². The van der Waals surface area contributed by atoms with Gasteiger partial charge in [-0.2, -0.15) is 0 Å². The van der Waals surface area contributed by atoms with E-state index in [4.69, 9.17) is 0 Å². The summed E-state index contributed by atoms with van der Waals surface area (Å²) in [5, 5.41) is 8.35. The highest BCUT2D eigenvalue weighted by molar-refractivity contribution is 8.04. The van der Waals surface area contributed by atoms with Crippen molar-refractivity contribution < 1.29 is 8.42 Å². The molecule has 1 aliphatic rings. The fourth-order valence-corrected chi connectivity index (χ4v) is 5.16. The van der Waals surface area contributed by atoms with Crippen molar-refractivity contribution in [2.75, 3.05) is 24.9 Å². The standard InChI is InChI=1S/C22H29N7O2S2/c1-6-28(5)13-16(3)29-14-24-25-21(29)20-19(11-15(2)12-23-20)26-33(30,31)18-9-7-17(8-10-18)22(4)27-32-22/h7-12,14,16,26-27H,6,13H2,1-5H3. The number of rotatable bonds is 9. The Bertz CT molecular complexity index is 1240. The van der Waals surface area contributed by atoms with E-state index in [9.17, 15) is 8.42 Å². The van der Waals surface area contributed by atoms with Crippen LogP contribution in [0.2, 0.25) is 0 Å². The average molecular weight is 488 g/mol. The van der Waals surface area contributed by atoms with Crippen molar-refractivity contribution in [3.8, 4) is 11.5 Å². The molecule has 33 heavy (non-hydrogen) atoms. The van der Waals surface area contributed by atoms with Gasteiger partial charge in [0.15, 0.2) is 5.82 Å². The first-order valence-electron chi connectivity index (χ1n) is 10.8. The number of sulfonamides is 1. The maximum Gasteiger partial charge on any atom is 0.261 e. The van der Waals surface area contributed by atoms with Gasteiger partial charge in [-0.15, -0.1) is 10.2 Å². The van der Waals surface area contributed by atoms with Crippen LogP contribution in [0, 0.1) is 6.92 Å². The molecule has 1 aromatic carbocycles. The first-order valence-corrected chi connectivity index (χ1v) is 13.1. The molecule has 2 atom stereocenters. The predicted molar refractivity (Wildman–Crippen MR) is 131 cm³/mol. The molecule has 1 fully saturated rings. The second-order valence-corrected chi connectivity index (χ2v) is 11.4. The molecule has 0 radical (unpaired) electrons. The Morgan fingerprint density at radius 1 is 1.30 bits per heavy atom. The highest BCUT2D eigenvalue weighted by atomic mass is 32.2. The summed E-state index contributed by atoms with van der Waals surface area (Å²) in [4.78, 5) is 6.76. The Hall–Kier alpha value is -2.47.